The molecule has 116 valence electrons. The van der Waals surface area contributed by atoms with E-state index in [4.69, 9.17) is 4.42 Å². The zero-order valence-electron chi connectivity index (χ0n) is 13.0. The van der Waals surface area contributed by atoms with E-state index < -0.39 is 0 Å². The summed E-state index contributed by atoms with van der Waals surface area (Å²) in [6, 6.07) is 10.8. The molecule has 2 heterocycles. The lowest BCUT2D eigenvalue weighted by atomic mass is 10.1. The molecule has 0 unspecified atom stereocenters. The summed E-state index contributed by atoms with van der Waals surface area (Å²) in [7, 11) is 0. The standard InChI is InChI=1S/C17H21N3O2/c1-12-10-18-17(22-12)16(21)19-15-8-9-20(13(15)2)11-14-6-4-3-5-7-14/h3-7,10,13,15H,8-9,11H2,1-2H3,(H,19,21)/t13-,15+/m0/s1. The zero-order chi connectivity index (χ0) is 15.5. The second-order valence-electron chi connectivity index (χ2n) is 5.84. The van der Waals surface area contributed by atoms with Crippen molar-refractivity contribution < 1.29 is 9.21 Å². The quantitative estimate of drug-likeness (QED) is 0.941. The molecule has 22 heavy (non-hydrogen) atoms. The molecule has 1 saturated heterocycles. The molecule has 3 rings (SSSR count). The highest BCUT2D eigenvalue weighted by atomic mass is 16.4. The highest BCUT2D eigenvalue weighted by Gasteiger charge is 2.32. The van der Waals surface area contributed by atoms with Crippen LogP contribution in [-0.2, 0) is 6.54 Å². The Kier molecular flexibility index (Phi) is 4.24. The van der Waals surface area contributed by atoms with Gasteiger partial charge in [0.25, 0.3) is 5.89 Å². The van der Waals surface area contributed by atoms with Crippen molar-refractivity contribution in [2.75, 3.05) is 6.54 Å². The van der Waals surface area contributed by atoms with Crippen LogP contribution in [0.25, 0.3) is 0 Å². The van der Waals surface area contributed by atoms with Gasteiger partial charge in [-0.1, -0.05) is 30.3 Å². The Morgan fingerprint density at radius 3 is 2.86 bits per heavy atom. The number of carbonyl (C=O) groups excluding carboxylic acids is 1. The molecule has 0 spiro atoms. The number of aromatic nitrogens is 1. The van der Waals surface area contributed by atoms with Crippen LogP contribution in [0.2, 0.25) is 0 Å². The number of benzene rings is 1. The van der Waals surface area contributed by atoms with Crippen LogP contribution in [0.15, 0.2) is 40.9 Å². The van der Waals surface area contributed by atoms with Gasteiger partial charge in [0, 0.05) is 25.2 Å². The fraction of sp³-hybridized carbons (Fsp3) is 0.412. The third kappa shape index (κ3) is 3.20. The highest BCUT2D eigenvalue weighted by molar-refractivity contribution is 5.89. The summed E-state index contributed by atoms with van der Waals surface area (Å²) in [5.74, 6) is 0.563. The molecule has 1 aliphatic heterocycles. The molecule has 1 aliphatic rings. The summed E-state index contributed by atoms with van der Waals surface area (Å²) < 4.78 is 5.28. The minimum atomic E-state index is -0.230. The van der Waals surface area contributed by atoms with E-state index in [1.54, 1.807) is 13.1 Å². The summed E-state index contributed by atoms with van der Waals surface area (Å²) in [4.78, 5) is 18.5. The lowest BCUT2D eigenvalue weighted by Crippen LogP contribution is -2.43. The average Bonchev–Trinajstić information content (AvgIpc) is 3.09. The van der Waals surface area contributed by atoms with Crippen molar-refractivity contribution in [3.8, 4) is 0 Å². The SMILES string of the molecule is Cc1cnc(C(=O)N[C@@H]2CCN(Cc3ccccc3)[C@H]2C)o1. The first kappa shape index (κ1) is 14.8. The molecule has 2 aromatic rings. The molecule has 0 saturated carbocycles. The number of likely N-dealkylation sites (tertiary alicyclic amines) is 1. The topological polar surface area (TPSA) is 58.4 Å². The first-order chi connectivity index (χ1) is 10.6. The van der Waals surface area contributed by atoms with Crippen LogP contribution in [0.5, 0.6) is 0 Å². The maximum atomic E-state index is 12.1. The van der Waals surface area contributed by atoms with Crippen molar-refractivity contribution >= 4 is 5.91 Å². The molecular formula is C17H21N3O2. The Hall–Kier alpha value is -2.14. The molecule has 0 radical (unpaired) electrons. The van der Waals surface area contributed by atoms with Crippen molar-refractivity contribution in [1.29, 1.82) is 0 Å². The number of nitrogens with one attached hydrogen (secondary N) is 1. The van der Waals surface area contributed by atoms with Crippen molar-refractivity contribution in [2.45, 2.75) is 38.9 Å². The number of hydrogen-bond donors (Lipinski definition) is 1. The Morgan fingerprint density at radius 1 is 1.41 bits per heavy atom. The molecule has 1 N–H and O–H groups in total. The molecule has 5 heteroatoms. The van der Waals surface area contributed by atoms with Crippen molar-refractivity contribution in [1.82, 2.24) is 15.2 Å². The average molecular weight is 299 g/mol. The van der Waals surface area contributed by atoms with Crippen molar-refractivity contribution in [3.05, 3.63) is 53.7 Å². The molecule has 1 fully saturated rings. The summed E-state index contributed by atoms with van der Waals surface area (Å²) in [6.07, 6.45) is 2.51. The minimum absolute atomic E-state index is 0.128. The molecule has 0 aliphatic carbocycles. The molecule has 1 amide bonds. The summed E-state index contributed by atoms with van der Waals surface area (Å²) in [6.45, 7) is 5.82. The number of aryl methyl sites for hydroxylation is 1. The van der Waals surface area contributed by atoms with Crippen molar-refractivity contribution in [2.24, 2.45) is 0 Å². The van der Waals surface area contributed by atoms with Crippen LogP contribution < -0.4 is 5.32 Å². The summed E-state index contributed by atoms with van der Waals surface area (Å²) in [5, 5.41) is 3.04. The Morgan fingerprint density at radius 2 is 2.18 bits per heavy atom. The predicted molar refractivity (Wildman–Crippen MR) is 83.4 cm³/mol. The van der Waals surface area contributed by atoms with Crippen LogP contribution in [-0.4, -0.2) is 34.4 Å². The van der Waals surface area contributed by atoms with E-state index in [0.717, 1.165) is 19.5 Å². The van der Waals surface area contributed by atoms with Crippen LogP contribution in [0.1, 0.15) is 35.4 Å². The molecular weight excluding hydrogens is 278 g/mol. The monoisotopic (exact) mass is 299 g/mol. The largest absolute Gasteiger partial charge is 0.438 e. The Balaban J connectivity index is 1.59. The van der Waals surface area contributed by atoms with Gasteiger partial charge < -0.3 is 9.73 Å². The second-order valence-corrected chi connectivity index (χ2v) is 5.84. The minimum Gasteiger partial charge on any atom is -0.438 e. The van der Waals surface area contributed by atoms with E-state index in [-0.39, 0.29) is 17.8 Å². The molecule has 0 bridgehead atoms. The number of rotatable bonds is 4. The van der Waals surface area contributed by atoms with E-state index >= 15 is 0 Å². The first-order valence-corrected chi connectivity index (χ1v) is 7.65. The lowest BCUT2D eigenvalue weighted by Gasteiger charge is -2.24. The van der Waals surface area contributed by atoms with E-state index in [1.807, 2.05) is 6.07 Å². The summed E-state index contributed by atoms with van der Waals surface area (Å²) >= 11 is 0. The molecule has 1 aromatic heterocycles. The predicted octanol–water partition coefficient (Wildman–Crippen LogP) is 2.38. The van der Waals surface area contributed by atoms with Crippen LogP contribution >= 0.6 is 0 Å². The van der Waals surface area contributed by atoms with Gasteiger partial charge in [-0.15, -0.1) is 0 Å². The first-order valence-electron chi connectivity index (χ1n) is 7.65. The molecule has 1 aromatic carbocycles. The third-order valence-electron chi connectivity index (χ3n) is 4.25. The number of hydrogen-bond acceptors (Lipinski definition) is 4. The van der Waals surface area contributed by atoms with Gasteiger partial charge in [0.1, 0.15) is 5.76 Å². The smallest absolute Gasteiger partial charge is 0.307 e. The van der Waals surface area contributed by atoms with Gasteiger partial charge in [-0.25, -0.2) is 4.98 Å². The maximum Gasteiger partial charge on any atom is 0.307 e. The maximum absolute atomic E-state index is 12.1. The fourth-order valence-electron chi connectivity index (χ4n) is 2.93. The Labute approximate surface area is 130 Å². The van der Waals surface area contributed by atoms with Gasteiger partial charge in [0.15, 0.2) is 0 Å². The van der Waals surface area contributed by atoms with E-state index in [0.29, 0.717) is 11.8 Å². The number of carbonyl (C=O) groups is 1. The number of amides is 1. The normalized spacial score (nSPS) is 21.9. The van der Waals surface area contributed by atoms with Gasteiger partial charge in [0.05, 0.1) is 6.20 Å². The van der Waals surface area contributed by atoms with E-state index in [9.17, 15) is 4.79 Å². The van der Waals surface area contributed by atoms with Gasteiger partial charge in [0.2, 0.25) is 0 Å². The van der Waals surface area contributed by atoms with E-state index in [2.05, 4.69) is 46.4 Å². The van der Waals surface area contributed by atoms with Crippen LogP contribution in [0.4, 0.5) is 0 Å². The number of oxazole rings is 1. The van der Waals surface area contributed by atoms with E-state index in [1.165, 1.54) is 5.56 Å². The van der Waals surface area contributed by atoms with Gasteiger partial charge >= 0.3 is 5.91 Å². The lowest BCUT2D eigenvalue weighted by molar-refractivity contribution is 0.0890. The van der Waals surface area contributed by atoms with Crippen LogP contribution in [0.3, 0.4) is 0 Å². The van der Waals surface area contributed by atoms with Gasteiger partial charge in [-0.2, -0.15) is 0 Å². The van der Waals surface area contributed by atoms with Gasteiger partial charge in [-0.05, 0) is 25.8 Å². The highest BCUT2D eigenvalue weighted by Crippen LogP contribution is 2.20. The number of nitrogens with zero attached hydrogens (tertiary/aromatic N) is 2. The summed E-state index contributed by atoms with van der Waals surface area (Å²) in [5.41, 5.74) is 1.30. The third-order valence-corrected chi connectivity index (χ3v) is 4.25. The molecule has 2 atom stereocenters. The fourth-order valence-corrected chi connectivity index (χ4v) is 2.93. The molecule has 5 nitrogen and oxygen atoms in total. The Bertz CT molecular complexity index is 638. The van der Waals surface area contributed by atoms with Crippen molar-refractivity contribution in [3.63, 3.8) is 0 Å². The van der Waals surface area contributed by atoms with Gasteiger partial charge in [-0.3, -0.25) is 9.69 Å². The van der Waals surface area contributed by atoms with Crippen LogP contribution in [0, 0.1) is 6.92 Å². The zero-order valence-corrected chi connectivity index (χ0v) is 13.0. The second kappa shape index (κ2) is 6.32.